The Kier molecular flexibility index (Phi) is 4.16. The topological polar surface area (TPSA) is 75.6 Å². The van der Waals surface area contributed by atoms with Gasteiger partial charge in [0, 0.05) is 6.61 Å². The number of hydrogen-bond acceptors (Lipinski definition) is 3. The Bertz CT molecular complexity index is 460. The fraction of sp³-hybridized carbons (Fsp3) is 0.429. The number of ether oxygens (including phenoxy) is 1. The molecule has 3 atom stereocenters. The van der Waals surface area contributed by atoms with Crippen LogP contribution in [0.1, 0.15) is 24.9 Å². The molecule has 0 aromatic heterocycles. The Morgan fingerprint density at radius 2 is 2.11 bits per heavy atom. The summed E-state index contributed by atoms with van der Waals surface area (Å²) in [6.07, 6.45) is 0.607. The monoisotopic (exact) mass is 263 g/mol. The predicted octanol–water partition coefficient (Wildman–Crippen LogP) is 1.35. The average Bonchev–Trinajstić information content (AvgIpc) is 3.16. The Balaban J connectivity index is 1.99. The van der Waals surface area contributed by atoms with Gasteiger partial charge in [0.2, 0.25) is 5.91 Å². The van der Waals surface area contributed by atoms with Gasteiger partial charge in [-0.05, 0) is 18.9 Å². The van der Waals surface area contributed by atoms with E-state index in [1.807, 2.05) is 6.92 Å². The predicted molar refractivity (Wildman–Crippen MR) is 68.5 cm³/mol. The fourth-order valence-corrected chi connectivity index (χ4v) is 2.03. The van der Waals surface area contributed by atoms with Crippen molar-refractivity contribution in [1.29, 1.82) is 0 Å². The van der Waals surface area contributed by atoms with E-state index in [-0.39, 0.29) is 17.9 Å². The van der Waals surface area contributed by atoms with Gasteiger partial charge in [-0.1, -0.05) is 30.3 Å². The number of carboxylic acid groups (broad SMARTS) is 1. The van der Waals surface area contributed by atoms with E-state index in [0.717, 1.165) is 0 Å². The van der Waals surface area contributed by atoms with Gasteiger partial charge in [0.25, 0.3) is 0 Å². The Labute approximate surface area is 111 Å². The maximum atomic E-state index is 11.9. The smallest absolute Gasteiger partial charge is 0.330 e. The van der Waals surface area contributed by atoms with Crippen molar-refractivity contribution in [3.8, 4) is 0 Å². The maximum absolute atomic E-state index is 11.9. The van der Waals surface area contributed by atoms with Gasteiger partial charge in [-0.15, -0.1) is 0 Å². The highest BCUT2D eigenvalue weighted by Crippen LogP contribution is 2.34. The third-order valence-corrected chi connectivity index (χ3v) is 3.12. The van der Waals surface area contributed by atoms with Crippen LogP contribution in [-0.2, 0) is 14.3 Å². The second-order valence-corrected chi connectivity index (χ2v) is 4.53. The number of carbonyl (C=O) groups is 2. The number of aliphatic carboxylic acids is 1. The van der Waals surface area contributed by atoms with Gasteiger partial charge >= 0.3 is 5.97 Å². The molecule has 0 saturated heterocycles. The van der Waals surface area contributed by atoms with Crippen LogP contribution in [0.5, 0.6) is 0 Å². The van der Waals surface area contributed by atoms with E-state index >= 15 is 0 Å². The van der Waals surface area contributed by atoms with Gasteiger partial charge in [0.15, 0.2) is 6.04 Å². The van der Waals surface area contributed by atoms with Crippen LogP contribution in [-0.4, -0.2) is 29.7 Å². The Morgan fingerprint density at radius 1 is 1.42 bits per heavy atom. The molecular weight excluding hydrogens is 246 g/mol. The number of benzene rings is 1. The standard InChI is InChI=1S/C14H17NO4/c1-2-19-11-8-10(11)13(16)15-12(14(17)18)9-6-4-3-5-7-9/h3-7,10-12H,2,8H2,1H3,(H,15,16)(H,17,18)/t10?,11?,12-/m1/s1. The van der Waals surface area contributed by atoms with Crippen molar-refractivity contribution < 1.29 is 19.4 Å². The molecule has 1 fully saturated rings. The number of carbonyl (C=O) groups excluding carboxylic acids is 1. The van der Waals surface area contributed by atoms with Gasteiger partial charge < -0.3 is 15.2 Å². The minimum atomic E-state index is -1.06. The molecule has 1 amide bonds. The highest BCUT2D eigenvalue weighted by molar-refractivity contribution is 5.87. The minimum absolute atomic E-state index is 0.0600. The van der Waals surface area contributed by atoms with E-state index in [9.17, 15) is 14.7 Å². The van der Waals surface area contributed by atoms with Crippen molar-refractivity contribution in [1.82, 2.24) is 5.32 Å². The lowest BCUT2D eigenvalue weighted by Crippen LogP contribution is -2.35. The molecule has 2 unspecified atom stereocenters. The molecule has 2 N–H and O–H groups in total. The van der Waals surface area contributed by atoms with Crippen molar-refractivity contribution in [2.75, 3.05) is 6.61 Å². The highest BCUT2D eigenvalue weighted by atomic mass is 16.5. The number of amides is 1. The van der Waals surface area contributed by atoms with Gasteiger partial charge in [0.05, 0.1) is 12.0 Å². The van der Waals surface area contributed by atoms with Crippen LogP contribution >= 0.6 is 0 Å². The van der Waals surface area contributed by atoms with E-state index in [2.05, 4.69) is 5.32 Å². The fourth-order valence-electron chi connectivity index (χ4n) is 2.03. The number of carboxylic acids is 1. The second-order valence-electron chi connectivity index (χ2n) is 4.53. The molecule has 0 bridgehead atoms. The zero-order valence-electron chi connectivity index (χ0n) is 10.7. The molecule has 19 heavy (non-hydrogen) atoms. The molecule has 5 heteroatoms. The highest BCUT2D eigenvalue weighted by Gasteiger charge is 2.45. The average molecular weight is 263 g/mol. The summed E-state index contributed by atoms with van der Waals surface area (Å²) in [4.78, 5) is 23.2. The van der Waals surface area contributed by atoms with Gasteiger partial charge in [-0.2, -0.15) is 0 Å². The SMILES string of the molecule is CCOC1CC1C(=O)N[C@@H](C(=O)O)c1ccccc1. The molecular formula is C14H17NO4. The Hall–Kier alpha value is -1.88. The minimum Gasteiger partial charge on any atom is -0.479 e. The summed E-state index contributed by atoms with van der Waals surface area (Å²) in [7, 11) is 0. The lowest BCUT2D eigenvalue weighted by Gasteiger charge is -2.14. The van der Waals surface area contributed by atoms with E-state index in [1.54, 1.807) is 30.3 Å². The molecule has 1 aromatic carbocycles. The molecule has 1 aliphatic carbocycles. The van der Waals surface area contributed by atoms with Crippen molar-refractivity contribution in [2.24, 2.45) is 5.92 Å². The van der Waals surface area contributed by atoms with E-state index in [1.165, 1.54) is 0 Å². The van der Waals surface area contributed by atoms with E-state index < -0.39 is 12.0 Å². The zero-order chi connectivity index (χ0) is 13.8. The van der Waals surface area contributed by atoms with Crippen LogP contribution < -0.4 is 5.32 Å². The van der Waals surface area contributed by atoms with Crippen molar-refractivity contribution >= 4 is 11.9 Å². The molecule has 2 rings (SSSR count). The first-order chi connectivity index (χ1) is 9.13. The summed E-state index contributed by atoms with van der Waals surface area (Å²) < 4.78 is 5.33. The molecule has 1 aromatic rings. The lowest BCUT2D eigenvalue weighted by molar-refractivity contribution is -0.142. The third kappa shape index (κ3) is 3.32. The van der Waals surface area contributed by atoms with Crippen LogP contribution in [0.15, 0.2) is 30.3 Å². The lowest BCUT2D eigenvalue weighted by atomic mass is 10.1. The largest absolute Gasteiger partial charge is 0.479 e. The van der Waals surface area contributed by atoms with E-state index in [0.29, 0.717) is 18.6 Å². The molecule has 0 radical (unpaired) electrons. The Morgan fingerprint density at radius 3 is 2.68 bits per heavy atom. The van der Waals surface area contributed by atoms with Gasteiger partial charge in [-0.25, -0.2) is 4.79 Å². The van der Waals surface area contributed by atoms with Crippen LogP contribution in [0.4, 0.5) is 0 Å². The van der Waals surface area contributed by atoms with Crippen molar-refractivity contribution in [3.05, 3.63) is 35.9 Å². The normalized spacial score (nSPS) is 22.6. The quantitative estimate of drug-likeness (QED) is 0.812. The first-order valence-corrected chi connectivity index (χ1v) is 6.33. The van der Waals surface area contributed by atoms with Crippen LogP contribution in [0.25, 0.3) is 0 Å². The number of nitrogens with one attached hydrogen (secondary N) is 1. The third-order valence-electron chi connectivity index (χ3n) is 3.12. The van der Waals surface area contributed by atoms with Crippen LogP contribution in [0, 0.1) is 5.92 Å². The molecule has 0 spiro atoms. The molecule has 1 aliphatic rings. The first kappa shape index (κ1) is 13.5. The van der Waals surface area contributed by atoms with Gasteiger partial charge in [-0.3, -0.25) is 4.79 Å². The van der Waals surface area contributed by atoms with E-state index in [4.69, 9.17) is 4.74 Å². The van der Waals surface area contributed by atoms with Crippen LogP contribution in [0.3, 0.4) is 0 Å². The van der Waals surface area contributed by atoms with Crippen LogP contribution in [0.2, 0.25) is 0 Å². The van der Waals surface area contributed by atoms with Crippen molar-refractivity contribution in [3.63, 3.8) is 0 Å². The summed E-state index contributed by atoms with van der Waals surface area (Å²) in [5.41, 5.74) is 0.567. The molecule has 102 valence electrons. The summed E-state index contributed by atoms with van der Waals surface area (Å²) in [5.74, 6) is -1.53. The second kappa shape index (κ2) is 5.84. The maximum Gasteiger partial charge on any atom is 0.330 e. The zero-order valence-corrected chi connectivity index (χ0v) is 10.7. The summed E-state index contributed by atoms with van der Waals surface area (Å²) in [5, 5.41) is 11.8. The molecule has 0 aliphatic heterocycles. The summed E-state index contributed by atoms with van der Waals surface area (Å²) in [6.45, 7) is 2.44. The molecule has 1 saturated carbocycles. The van der Waals surface area contributed by atoms with Crippen molar-refractivity contribution in [2.45, 2.75) is 25.5 Å². The van der Waals surface area contributed by atoms with Gasteiger partial charge in [0.1, 0.15) is 0 Å². The first-order valence-electron chi connectivity index (χ1n) is 6.33. The summed E-state index contributed by atoms with van der Waals surface area (Å²) >= 11 is 0. The number of rotatable bonds is 6. The molecule has 0 heterocycles. The summed E-state index contributed by atoms with van der Waals surface area (Å²) in [6, 6.07) is 7.67. The number of hydrogen-bond donors (Lipinski definition) is 2. The molecule has 5 nitrogen and oxygen atoms in total.